The maximum absolute atomic E-state index is 13.0. The lowest BCUT2D eigenvalue weighted by atomic mass is 10.0. The van der Waals surface area contributed by atoms with Gasteiger partial charge in [-0.15, -0.1) is 0 Å². The highest BCUT2D eigenvalue weighted by molar-refractivity contribution is 7.91. The molecule has 8 heteroatoms. The fourth-order valence-corrected chi connectivity index (χ4v) is 5.21. The van der Waals surface area contributed by atoms with Gasteiger partial charge in [0.1, 0.15) is 0 Å². The monoisotopic (exact) mass is 429 g/mol. The van der Waals surface area contributed by atoms with Crippen LogP contribution in [0.15, 0.2) is 94.9 Å². The molecule has 0 radical (unpaired) electrons. The fourth-order valence-electron chi connectivity index (χ4n) is 3.53. The Morgan fingerprint density at radius 1 is 0.839 bits per heavy atom. The molecule has 2 heterocycles. The third kappa shape index (κ3) is 3.13. The van der Waals surface area contributed by atoms with Crippen molar-refractivity contribution in [2.45, 2.75) is 9.79 Å². The Hall–Kier alpha value is -4.04. The molecule has 5 rings (SSSR count). The topological polar surface area (TPSA) is 98.1 Å². The van der Waals surface area contributed by atoms with E-state index in [0.717, 1.165) is 5.69 Å². The molecule has 1 N–H and O–H groups in total. The van der Waals surface area contributed by atoms with Gasteiger partial charge in [-0.2, -0.15) is 5.10 Å². The first kappa shape index (κ1) is 19.0. The van der Waals surface area contributed by atoms with Gasteiger partial charge >= 0.3 is 0 Å². The van der Waals surface area contributed by atoms with Crippen molar-refractivity contribution in [3.63, 3.8) is 0 Å². The predicted molar refractivity (Wildman–Crippen MR) is 113 cm³/mol. The molecule has 0 atom stereocenters. The van der Waals surface area contributed by atoms with E-state index >= 15 is 0 Å². The van der Waals surface area contributed by atoms with Gasteiger partial charge in [0.2, 0.25) is 9.84 Å². The van der Waals surface area contributed by atoms with Crippen molar-refractivity contribution >= 4 is 27.3 Å². The minimum absolute atomic E-state index is 0.0494. The second kappa shape index (κ2) is 7.03. The Morgan fingerprint density at radius 3 is 2.35 bits per heavy atom. The maximum Gasteiger partial charge on any atom is 0.256 e. The number of hydrogen-bond donors (Lipinski definition) is 1. The van der Waals surface area contributed by atoms with Gasteiger partial charge in [0, 0.05) is 29.0 Å². The number of nitrogens with one attached hydrogen (secondary N) is 1. The summed E-state index contributed by atoms with van der Waals surface area (Å²) in [6, 6.07) is 21.2. The zero-order valence-electron chi connectivity index (χ0n) is 16.0. The number of aromatic nitrogens is 2. The number of rotatable bonds is 3. The van der Waals surface area contributed by atoms with E-state index in [1.54, 1.807) is 29.1 Å². The van der Waals surface area contributed by atoms with E-state index in [-0.39, 0.29) is 32.3 Å². The molecular formula is C23H15N3O4S. The van der Waals surface area contributed by atoms with Gasteiger partial charge < -0.3 is 5.32 Å². The number of anilines is 1. The van der Waals surface area contributed by atoms with E-state index in [0.29, 0.717) is 5.82 Å². The van der Waals surface area contributed by atoms with E-state index < -0.39 is 15.7 Å². The van der Waals surface area contributed by atoms with Crippen LogP contribution in [0.4, 0.5) is 5.82 Å². The number of amides is 1. The van der Waals surface area contributed by atoms with E-state index in [2.05, 4.69) is 10.4 Å². The van der Waals surface area contributed by atoms with Crippen LogP contribution in [0.5, 0.6) is 0 Å². The van der Waals surface area contributed by atoms with Gasteiger partial charge in [0.05, 0.1) is 15.5 Å². The number of para-hydroxylation sites is 1. The number of benzene rings is 3. The third-order valence-electron chi connectivity index (χ3n) is 5.05. The van der Waals surface area contributed by atoms with Gasteiger partial charge in [0.15, 0.2) is 11.6 Å². The Bertz CT molecular complexity index is 1460. The summed E-state index contributed by atoms with van der Waals surface area (Å²) in [6.45, 7) is 0. The molecule has 0 unspecified atom stereocenters. The molecule has 0 bridgehead atoms. The molecular weight excluding hydrogens is 414 g/mol. The van der Waals surface area contributed by atoms with Crippen LogP contribution in [0.1, 0.15) is 26.3 Å². The van der Waals surface area contributed by atoms with E-state index in [9.17, 15) is 18.0 Å². The number of ketones is 1. The smallest absolute Gasteiger partial charge is 0.256 e. The zero-order chi connectivity index (χ0) is 21.6. The van der Waals surface area contributed by atoms with Gasteiger partial charge in [-0.3, -0.25) is 9.59 Å². The molecule has 7 nitrogen and oxygen atoms in total. The lowest BCUT2D eigenvalue weighted by Crippen LogP contribution is -2.21. The number of carbonyl (C=O) groups is 2. The van der Waals surface area contributed by atoms with Crippen LogP contribution in [-0.2, 0) is 9.84 Å². The van der Waals surface area contributed by atoms with Crippen molar-refractivity contribution in [3.05, 3.63) is 102 Å². The van der Waals surface area contributed by atoms with Crippen molar-refractivity contribution in [1.29, 1.82) is 0 Å². The molecule has 1 aliphatic rings. The first-order valence-electron chi connectivity index (χ1n) is 9.40. The lowest BCUT2D eigenvalue weighted by molar-refractivity contribution is 0.101. The second-order valence-electron chi connectivity index (χ2n) is 6.97. The van der Waals surface area contributed by atoms with Gasteiger partial charge in [-0.1, -0.05) is 30.3 Å². The van der Waals surface area contributed by atoms with Gasteiger partial charge in [-0.05, 0) is 42.5 Å². The molecule has 4 aromatic rings. The van der Waals surface area contributed by atoms with E-state index in [1.165, 1.54) is 30.3 Å². The average molecular weight is 429 g/mol. The molecule has 3 aromatic carbocycles. The Labute approximate surface area is 177 Å². The predicted octanol–water partition coefficient (Wildman–Crippen LogP) is 3.50. The minimum Gasteiger partial charge on any atom is -0.305 e. The number of fused-ring (bicyclic) bond motifs is 2. The normalized spacial score (nSPS) is 13.9. The second-order valence-corrected chi connectivity index (χ2v) is 8.86. The van der Waals surface area contributed by atoms with E-state index in [4.69, 9.17) is 0 Å². The summed E-state index contributed by atoms with van der Waals surface area (Å²) in [5.41, 5.74) is 1.14. The summed E-state index contributed by atoms with van der Waals surface area (Å²) < 4.78 is 27.7. The standard InChI is InChI=1S/C23H15N3O4S/c27-22-17-8-4-5-9-19(17)31(29,30)20-14-15(10-11-18(20)22)23(28)24-21-12-13-26(25-21)16-6-2-1-3-7-16/h1-14H,(H,24,25,28). The summed E-state index contributed by atoms with van der Waals surface area (Å²) in [7, 11) is -3.92. The molecule has 31 heavy (non-hydrogen) atoms. The summed E-state index contributed by atoms with van der Waals surface area (Å²) >= 11 is 0. The van der Waals surface area contributed by atoms with Crippen molar-refractivity contribution in [2.24, 2.45) is 0 Å². The summed E-state index contributed by atoms with van der Waals surface area (Å²) in [6.07, 6.45) is 1.71. The van der Waals surface area contributed by atoms with Gasteiger partial charge in [-0.25, -0.2) is 13.1 Å². The lowest BCUT2D eigenvalue weighted by Gasteiger charge is -2.19. The minimum atomic E-state index is -3.92. The largest absolute Gasteiger partial charge is 0.305 e. The number of nitrogens with zero attached hydrogens (tertiary/aromatic N) is 2. The molecule has 1 aromatic heterocycles. The molecule has 1 amide bonds. The van der Waals surface area contributed by atoms with Crippen LogP contribution in [0.2, 0.25) is 0 Å². The number of carbonyl (C=O) groups excluding carboxylic acids is 2. The molecule has 0 spiro atoms. The quantitative estimate of drug-likeness (QED) is 0.473. The van der Waals surface area contributed by atoms with Crippen molar-refractivity contribution in [1.82, 2.24) is 9.78 Å². The Balaban J connectivity index is 1.46. The molecule has 0 fully saturated rings. The average Bonchev–Trinajstić information content (AvgIpc) is 3.26. The SMILES string of the molecule is O=C(Nc1ccn(-c2ccccc2)n1)c1ccc2c(c1)S(=O)(=O)c1ccccc1C2=O. The Kier molecular flexibility index (Phi) is 4.30. The highest BCUT2D eigenvalue weighted by Gasteiger charge is 2.35. The van der Waals surface area contributed by atoms with Crippen LogP contribution in [0.3, 0.4) is 0 Å². The molecule has 0 aliphatic carbocycles. The molecule has 0 saturated heterocycles. The van der Waals surface area contributed by atoms with Crippen LogP contribution >= 0.6 is 0 Å². The van der Waals surface area contributed by atoms with Gasteiger partial charge in [0.25, 0.3) is 5.91 Å². The molecule has 0 saturated carbocycles. The van der Waals surface area contributed by atoms with Crippen LogP contribution in [0, 0.1) is 0 Å². The third-order valence-corrected chi connectivity index (χ3v) is 6.90. The zero-order valence-corrected chi connectivity index (χ0v) is 16.8. The summed E-state index contributed by atoms with van der Waals surface area (Å²) in [5, 5.41) is 6.98. The first-order valence-corrected chi connectivity index (χ1v) is 10.9. The number of sulfone groups is 1. The van der Waals surface area contributed by atoms with E-state index in [1.807, 2.05) is 30.3 Å². The molecule has 152 valence electrons. The van der Waals surface area contributed by atoms with Crippen LogP contribution in [0.25, 0.3) is 5.69 Å². The van der Waals surface area contributed by atoms with Crippen LogP contribution < -0.4 is 5.32 Å². The van der Waals surface area contributed by atoms with Crippen molar-refractivity contribution < 1.29 is 18.0 Å². The van der Waals surface area contributed by atoms with Crippen LogP contribution in [-0.4, -0.2) is 29.9 Å². The highest BCUT2D eigenvalue weighted by Crippen LogP contribution is 2.34. The molecule has 1 aliphatic heterocycles. The van der Waals surface area contributed by atoms with Crippen molar-refractivity contribution in [3.8, 4) is 5.69 Å². The highest BCUT2D eigenvalue weighted by atomic mass is 32.2. The number of hydrogen-bond acceptors (Lipinski definition) is 5. The Morgan fingerprint density at radius 2 is 1.55 bits per heavy atom. The summed E-state index contributed by atoms with van der Waals surface area (Å²) in [4.78, 5) is 25.3. The summed E-state index contributed by atoms with van der Waals surface area (Å²) in [5.74, 6) is -0.590. The fraction of sp³-hybridized carbons (Fsp3) is 0. The van der Waals surface area contributed by atoms with Crippen molar-refractivity contribution in [2.75, 3.05) is 5.32 Å². The first-order chi connectivity index (χ1) is 14.9. The maximum atomic E-state index is 13.0.